The molecule has 3 N–H and O–H groups in total. The maximum atomic E-state index is 12.8. The van der Waals surface area contributed by atoms with E-state index in [2.05, 4.69) is 26.7 Å². The van der Waals surface area contributed by atoms with E-state index in [1.54, 1.807) is 0 Å². The lowest BCUT2D eigenvalue weighted by molar-refractivity contribution is -0.121. The van der Waals surface area contributed by atoms with E-state index in [-0.39, 0.29) is 12.1 Å². The van der Waals surface area contributed by atoms with Gasteiger partial charge in [-0.1, -0.05) is 0 Å². The third-order valence-corrected chi connectivity index (χ3v) is 5.55. The Morgan fingerprint density at radius 2 is 2.14 bits per heavy atom. The molecular formula is C20H28N6O2. The number of nitrogens with one attached hydrogen (secondary N) is 3. The summed E-state index contributed by atoms with van der Waals surface area (Å²) in [5.74, 6) is 1.11. The Morgan fingerprint density at radius 3 is 2.89 bits per heavy atom. The number of H-pyrrole nitrogens is 1. The summed E-state index contributed by atoms with van der Waals surface area (Å²) in [6.07, 6.45) is 10.8. The van der Waals surface area contributed by atoms with E-state index < -0.39 is 0 Å². The van der Waals surface area contributed by atoms with Gasteiger partial charge in [0, 0.05) is 31.9 Å². The van der Waals surface area contributed by atoms with Gasteiger partial charge in [-0.3, -0.25) is 14.6 Å². The lowest BCUT2D eigenvalue weighted by Gasteiger charge is -2.33. The summed E-state index contributed by atoms with van der Waals surface area (Å²) >= 11 is 0. The number of amides is 2. The molecule has 0 aliphatic carbocycles. The van der Waals surface area contributed by atoms with Crippen LogP contribution in [-0.4, -0.2) is 59.6 Å². The molecule has 0 radical (unpaired) electrons. The van der Waals surface area contributed by atoms with Crippen LogP contribution in [-0.2, 0) is 11.2 Å². The maximum Gasteiger partial charge on any atom is 0.270 e. The van der Waals surface area contributed by atoms with Crippen molar-refractivity contribution in [3.05, 3.63) is 41.4 Å². The Balaban J connectivity index is 1.55. The number of aryl methyl sites for hydroxylation is 1. The van der Waals surface area contributed by atoms with E-state index in [9.17, 15) is 9.59 Å². The third kappa shape index (κ3) is 3.64. The summed E-state index contributed by atoms with van der Waals surface area (Å²) in [4.78, 5) is 31.4. The zero-order chi connectivity index (χ0) is 19.5. The summed E-state index contributed by atoms with van der Waals surface area (Å²) in [6.45, 7) is 5.09. The summed E-state index contributed by atoms with van der Waals surface area (Å²) in [5.41, 5.74) is 6.05. The number of hydrazine groups is 1. The van der Waals surface area contributed by atoms with Crippen LogP contribution in [0.2, 0.25) is 0 Å². The van der Waals surface area contributed by atoms with E-state index in [0.29, 0.717) is 12.2 Å². The van der Waals surface area contributed by atoms with Gasteiger partial charge in [0.15, 0.2) is 0 Å². The molecule has 0 bridgehead atoms. The van der Waals surface area contributed by atoms with Gasteiger partial charge in [0.25, 0.3) is 5.91 Å². The molecule has 8 nitrogen and oxygen atoms in total. The van der Waals surface area contributed by atoms with Crippen LogP contribution in [0.15, 0.2) is 30.1 Å². The molecule has 1 aromatic rings. The van der Waals surface area contributed by atoms with Crippen molar-refractivity contribution in [2.45, 2.75) is 38.8 Å². The number of dihydropyridines is 1. The fourth-order valence-electron chi connectivity index (χ4n) is 4.06. The smallest absolute Gasteiger partial charge is 0.270 e. The fourth-order valence-corrected chi connectivity index (χ4v) is 4.06. The molecule has 1 atom stereocenters. The minimum Gasteiger partial charge on any atom is -0.371 e. The Kier molecular flexibility index (Phi) is 5.38. The number of rotatable bonds is 6. The van der Waals surface area contributed by atoms with Gasteiger partial charge < -0.3 is 20.1 Å². The molecule has 0 spiro atoms. The Morgan fingerprint density at radius 1 is 1.32 bits per heavy atom. The highest BCUT2D eigenvalue weighted by Crippen LogP contribution is 2.31. The van der Waals surface area contributed by atoms with Crippen LogP contribution in [0.5, 0.6) is 0 Å². The first-order chi connectivity index (χ1) is 13.7. The predicted octanol–water partition coefficient (Wildman–Crippen LogP) is 1.31. The molecule has 1 saturated heterocycles. The molecule has 150 valence electrons. The second-order valence-electron chi connectivity index (χ2n) is 7.40. The van der Waals surface area contributed by atoms with Crippen molar-refractivity contribution < 1.29 is 9.59 Å². The van der Waals surface area contributed by atoms with Gasteiger partial charge in [-0.05, 0) is 62.6 Å². The van der Waals surface area contributed by atoms with Gasteiger partial charge in [-0.15, -0.1) is 0 Å². The highest BCUT2D eigenvalue weighted by molar-refractivity contribution is 5.94. The molecule has 1 unspecified atom stereocenters. The average Bonchev–Trinajstić information content (AvgIpc) is 3.41. The van der Waals surface area contributed by atoms with E-state index in [1.165, 1.54) is 10.6 Å². The SMILES string of the molecule is CCN(C=O)NC1C=C(N2CCCc3cc(C(=O)N4CCCC4)[nH]c32)C=CN1. The lowest BCUT2D eigenvalue weighted by atomic mass is 10.1. The summed E-state index contributed by atoms with van der Waals surface area (Å²) in [5, 5.41) is 4.71. The number of aromatic nitrogens is 1. The number of nitrogens with zero attached hydrogens (tertiary/aromatic N) is 3. The molecule has 8 heteroatoms. The number of carbonyl (C=O) groups excluding carboxylic acids is 2. The molecule has 4 heterocycles. The van der Waals surface area contributed by atoms with Crippen molar-refractivity contribution in [3.8, 4) is 0 Å². The number of hydrogen-bond donors (Lipinski definition) is 3. The maximum absolute atomic E-state index is 12.8. The minimum absolute atomic E-state index is 0.103. The van der Waals surface area contributed by atoms with Gasteiger partial charge in [0.2, 0.25) is 6.41 Å². The van der Waals surface area contributed by atoms with E-state index in [0.717, 1.165) is 63.2 Å². The first-order valence-corrected chi connectivity index (χ1v) is 10.1. The van der Waals surface area contributed by atoms with Crippen LogP contribution in [0.25, 0.3) is 0 Å². The Hall–Kier alpha value is -2.74. The van der Waals surface area contributed by atoms with Crippen LogP contribution >= 0.6 is 0 Å². The monoisotopic (exact) mass is 384 g/mol. The Labute approximate surface area is 165 Å². The number of hydrogen-bond acceptors (Lipinski definition) is 5. The summed E-state index contributed by atoms with van der Waals surface area (Å²) in [7, 11) is 0. The number of likely N-dealkylation sites (tertiary alicyclic amines) is 1. The molecule has 0 saturated carbocycles. The van der Waals surface area contributed by atoms with Gasteiger partial charge in [-0.25, -0.2) is 5.43 Å². The summed E-state index contributed by atoms with van der Waals surface area (Å²) < 4.78 is 0. The topological polar surface area (TPSA) is 83.7 Å². The molecule has 28 heavy (non-hydrogen) atoms. The highest BCUT2D eigenvalue weighted by atomic mass is 16.2. The van der Waals surface area contributed by atoms with Crippen molar-refractivity contribution >= 4 is 18.1 Å². The van der Waals surface area contributed by atoms with Gasteiger partial charge in [0.1, 0.15) is 17.7 Å². The molecule has 0 aromatic carbocycles. The number of allylic oxidation sites excluding steroid dienone is 1. The van der Waals surface area contributed by atoms with E-state index in [4.69, 9.17) is 0 Å². The van der Waals surface area contributed by atoms with E-state index >= 15 is 0 Å². The summed E-state index contributed by atoms with van der Waals surface area (Å²) in [6, 6.07) is 2.02. The fraction of sp³-hybridized carbons (Fsp3) is 0.500. The molecular weight excluding hydrogens is 356 g/mol. The van der Waals surface area contributed by atoms with Crippen LogP contribution in [0.3, 0.4) is 0 Å². The lowest BCUT2D eigenvalue weighted by Crippen LogP contribution is -2.50. The molecule has 3 aliphatic heterocycles. The van der Waals surface area contributed by atoms with Crippen molar-refractivity contribution in [1.82, 2.24) is 25.6 Å². The van der Waals surface area contributed by atoms with Gasteiger partial charge >= 0.3 is 0 Å². The van der Waals surface area contributed by atoms with Crippen molar-refractivity contribution in [1.29, 1.82) is 0 Å². The quantitative estimate of drug-likeness (QED) is 0.509. The number of anilines is 1. The van der Waals surface area contributed by atoms with Crippen LogP contribution in [0.1, 0.15) is 42.2 Å². The largest absolute Gasteiger partial charge is 0.371 e. The second-order valence-corrected chi connectivity index (χ2v) is 7.40. The van der Waals surface area contributed by atoms with Crippen LogP contribution in [0.4, 0.5) is 5.82 Å². The normalized spacial score (nSPS) is 21.2. The molecule has 3 aliphatic rings. The van der Waals surface area contributed by atoms with Crippen LogP contribution < -0.4 is 15.6 Å². The predicted molar refractivity (Wildman–Crippen MR) is 107 cm³/mol. The zero-order valence-electron chi connectivity index (χ0n) is 16.3. The minimum atomic E-state index is -0.170. The Bertz CT molecular complexity index is 793. The van der Waals surface area contributed by atoms with Crippen molar-refractivity contribution in [3.63, 3.8) is 0 Å². The molecule has 2 amide bonds. The number of aromatic amines is 1. The molecule has 1 fully saturated rings. The zero-order valence-corrected chi connectivity index (χ0v) is 16.3. The standard InChI is InChI=1S/C20H28N6O2/c1-2-25(14-27)23-18-13-16(7-8-21-18)26-11-5-6-15-12-17(22-19(15)26)20(28)24-9-3-4-10-24/h7-8,12-14,18,21-23H,2-6,9-11H2,1H3. The van der Waals surface area contributed by atoms with Crippen LogP contribution in [0, 0.1) is 0 Å². The second kappa shape index (κ2) is 8.10. The van der Waals surface area contributed by atoms with Gasteiger partial charge in [-0.2, -0.15) is 0 Å². The first-order valence-electron chi connectivity index (χ1n) is 10.1. The highest BCUT2D eigenvalue weighted by Gasteiger charge is 2.27. The van der Waals surface area contributed by atoms with Crippen molar-refractivity contribution in [2.75, 3.05) is 31.1 Å². The molecule has 4 rings (SSSR count). The van der Waals surface area contributed by atoms with Crippen molar-refractivity contribution in [2.24, 2.45) is 0 Å². The first kappa shape index (κ1) is 18.6. The van der Waals surface area contributed by atoms with E-state index in [1.807, 2.05) is 30.2 Å². The average molecular weight is 384 g/mol. The number of fused-ring (bicyclic) bond motifs is 1. The van der Waals surface area contributed by atoms with Gasteiger partial charge in [0.05, 0.1) is 0 Å². The number of carbonyl (C=O) groups is 2. The third-order valence-electron chi connectivity index (χ3n) is 5.55. The molecule has 1 aromatic heterocycles.